The Hall–Kier alpha value is -3.85. The van der Waals surface area contributed by atoms with Crippen LogP contribution in [0.2, 0.25) is 0 Å². The molecule has 2 aromatic carbocycles. The maximum absolute atomic E-state index is 14.2. The number of amides is 1. The molecule has 8 nitrogen and oxygen atoms in total. The summed E-state index contributed by atoms with van der Waals surface area (Å²) in [6, 6.07) is 11.5. The Morgan fingerprint density at radius 2 is 1.75 bits per heavy atom. The molecule has 2 aliphatic heterocycles. The summed E-state index contributed by atoms with van der Waals surface area (Å²) >= 11 is 0. The fourth-order valence-electron chi connectivity index (χ4n) is 6.33. The zero-order chi connectivity index (χ0) is 31.8. The third-order valence-electron chi connectivity index (χ3n) is 8.35. The Morgan fingerprint density at radius 3 is 2.36 bits per heavy atom. The van der Waals surface area contributed by atoms with E-state index in [0.717, 1.165) is 66.8 Å². The van der Waals surface area contributed by atoms with Gasteiger partial charge in [-0.05, 0) is 103 Å². The van der Waals surface area contributed by atoms with Crippen molar-refractivity contribution in [2.24, 2.45) is 11.8 Å². The van der Waals surface area contributed by atoms with Gasteiger partial charge < -0.3 is 24.6 Å². The third kappa shape index (κ3) is 8.20. The highest BCUT2D eigenvalue weighted by Crippen LogP contribution is 2.44. The van der Waals surface area contributed by atoms with Crippen molar-refractivity contribution in [2.75, 3.05) is 31.8 Å². The van der Waals surface area contributed by atoms with E-state index < -0.39 is 5.97 Å². The molecule has 2 N–H and O–H groups in total. The van der Waals surface area contributed by atoms with Gasteiger partial charge in [0.15, 0.2) is 11.5 Å². The van der Waals surface area contributed by atoms with E-state index in [9.17, 15) is 9.18 Å². The molecule has 44 heavy (non-hydrogen) atoms. The molecule has 0 radical (unpaired) electrons. The molecule has 0 saturated carbocycles. The molecule has 3 aliphatic rings. The van der Waals surface area contributed by atoms with Gasteiger partial charge in [0.05, 0.1) is 13.2 Å². The molecular weight excluding hydrogens is 563 g/mol. The number of carbonyl (C=O) groups is 2. The van der Waals surface area contributed by atoms with Crippen molar-refractivity contribution >= 4 is 17.6 Å². The highest BCUT2D eigenvalue weighted by Gasteiger charge is 2.40. The number of rotatable bonds is 10. The zero-order valence-electron chi connectivity index (χ0n) is 26.5. The second-order valence-corrected chi connectivity index (χ2v) is 11.6. The lowest BCUT2D eigenvalue weighted by molar-refractivity contribution is -0.134. The Labute approximate surface area is 259 Å². The lowest BCUT2D eigenvalue weighted by atomic mass is 9.81. The number of nitrogens with one attached hydrogen (secondary N) is 1. The molecule has 1 aliphatic carbocycles. The molecular formula is C35H45FN2O6. The number of aliphatic carboxylic acids is 1. The van der Waals surface area contributed by atoms with Crippen LogP contribution < -0.4 is 10.1 Å². The molecule has 1 amide bonds. The first-order valence-corrected chi connectivity index (χ1v) is 15.6. The van der Waals surface area contributed by atoms with Crippen molar-refractivity contribution in [3.8, 4) is 5.75 Å². The average Bonchev–Trinajstić information content (AvgIpc) is 3.64. The molecule has 0 spiro atoms. The molecule has 9 heteroatoms. The van der Waals surface area contributed by atoms with Crippen LogP contribution in [0.4, 0.5) is 10.1 Å². The van der Waals surface area contributed by atoms with Crippen LogP contribution >= 0.6 is 0 Å². The molecule has 2 fully saturated rings. The summed E-state index contributed by atoms with van der Waals surface area (Å²) in [5.74, 6) is 2.13. The number of anilines is 1. The lowest BCUT2D eigenvalue weighted by Crippen LogP contribution is -2.34. The van der Waals surface area contributed by atoms with Crippen molar-refractivity contribution in [1.29, 1.82) is 0 Å². The minimum atomic E-state index is -0.833. The van der Waals surface area contributed by atoms with Crippen molar-refractivity contribution in [3.63, 3.8) is 0 Å². The summed E-state index contributed by atoms with van der Waals surface area (Å²) < 4.78 is 31.4. The number of hydrogen-bond acceptors (Lipinski definition) is 6. The Balaban J connectivity index is 0.00000104. The predicted molar refractivity (Wildman–Crippen MR) is 168 cm³/mol. The maximum Gasteiger partial charge on any atom is 0.300 e. The van der Waals surface area contributed by atoms with E-state index in [-0.39, 0.29) is 31.1 Å². The number of halogens is 1. The van der Waals surface area contributed by atoms with E-state index in [1.165, 1.54) is 23.3 Å². The summed E-state index contributed by atoms with van der Waals surface area (Å²) in [4.78, 5) is 24.8. The van der Waals surface area contributed by atoms with E-state index in [2.05, 4.69) is 42.3 Å². The van der Waals surface area contributed by atoms with Crippen LogP contribution in [-0.4, -0.2) is 48.4 Å². The number of allylic oxidation sites excluding steroid dienone is 2. The first-order chi connectivity index (χ1) is 21.1. The fraction of sp³-hybridized carbons (Fsp3) is 0.486. The molecule has 2 saturated heterocycles. The summed E-state index contributed by atoms with van der Waals surface area (Å²) in [5, 5.41) is 10.6. The monoisotopic (exact) mass is 608 g/mol. The zero-order valence-corrected chi connectivity index (χ0v) is 26.5. The topological polar surface area (TPSA) is 97.3 Å². The summed E-state index contributed by atoms with van der Waals surface area (Å²) in [7, 11) is 0. The molecule has 0 aromatic heterocycles. The smallest absolute Gasteiger partial charge is 0.300 e. The van der Waals surface area contributed by atoms with Crippen LogP contribution in [0.3, 0.4) is 0 Å². The van der Waals surface area contributed by atoms with E-state index in [0.29, 0.717) is 31.3 Å². The van der Waals surface area contributed by atoms with Crippen LogP contribution in [-0.2, 0) is 31.9 Å². The molecule has 238 valence electrons. The minimum Gasteiger partial charge on any atom is -0.494 e. The number of carboxylic acids is 1. The van der Waals surface area contributed by atoms with E-state index in [1.54, 1.807) is 0 Å². The summed E-state index contributed by atoms with van der Waals surface area (Å²) in [6.07, 6.45) is 6.36. The second kappa shape index (κ2) is 15.2. The molecule has 2 unspecified atom stereocenters. The quantitative estimate of drug-likeness (QED) is 0.299. The maximum atomic E-state index is 14.2. The van der Waals surface area contributed by atoms with Crippen LogP contribution in [0, 0.1) is 17.7 Å². The number of fused-ring (bicyclic) bond motifs is 1. The fourth-order valence-corrected chi connectivity index (χ4v) is 6.33. The number of aryl methyl sites for hydroxylation is 2. The van der Waals surface area contributed by atoms with Gasteiger partial charge in [-0.15, -0.1) is 0 Å². The number of nitrogens with zero attached hydrogens (tertiary/aromatic N) is 1. The van der Waals surface area contributed by atoms with Gasteiger partial charge >= 0.3 is 0 Å². The highest BCUT2D eigenvalue weighted by molar-refractivity contribution is 5.94. The largest absolute Gasteiger partial charge is 0.494 e. The Kier molecular flexibility index (Phi) is 11.4. The van der Waals surface area contributed by atoms with Crippen LogP contribution in [0.5, 0.6) is 5.75 Å². The Bertz CT molecular complexity index is 1360. The number of benzene rings is 2. The predicted octanol–water partition coefficient (Wildman–Crippen LogP) is 7.01. The normalized spacial score (nSPS) is 21.0. The first-order valence-electron chi connectivity index (χ1n) is 15.6. The molecule has 2 aromatic rings. The number of hydrogen-bond donors (Lipinski definition) is 2. The van der Waals surface area contributed by atoms with E-state index in [4.69, 9.17) is 24.1 Å². The first kappa shape index (κ1) is 33.1. The van der Waals surface area contributed by atoms with Crippen molar-refractivity contribution in [3.05, 3.63) is 82.1 Å². The van der Waals surface area contributed by atoms with E-state index in [1.807, 2.05) is 26.0 Å². The second-order valence-electron chi connectivity index (χ2n) is 11.6. The number of carboxylic acid groups (broad SMARTS) is 1. The molecule has 0 bridgehead atoms. The minimum absolute atomic E-state index is 0.0718. The highest BCUT2D eigenvalue weighted by atomic mass is 19.1. The Morgan fingerprint density at radius 1 is 1.09 bits per heavy atom. The number of ether oxygens (including phenoxy) is 3. The van der Waals surface area contributed by atoms with Gasteiger partial charge in [0.1, 0.15) is 11.6 Å². The van der Waals surface area contributed by atoms with E-state index >= 15 is 0 Å². The number of carbonyl (C=O) groups excluding carboxylic acids is 1. The van der Waals surface area contributed by atoms with Gasteiger partial charge in [-0.2, -0.15) is 0 Å². The van der Waals surface area contributed by atoms with Gasteiger partial charge in [-0.25, -0.2) is 4.39 Å². The van der Waals surface area contributed by atoms with Crippen molar-refractivity contribution < 1.29 is 33.3 Å². The van der Waals surface area contributed by atoms with Crippen LogP contribution in [0.1, 0.15) is 76.6 Å². The van der Waals surface area contributed by atoms with Crippen LogP contribution in [0.15, 0.2) is 59.6 Å². The summed E-state index contributed by atoms with van der Waals surface area (Å²) in [6.45, 7) is 11.3. The number of likely N-dealkylation sites (tertiary alicyclic amines) is 1. The summed E-state index contributed by atoms with van der Waals surface area (Å²) in [5.41, 5.74) is 4.82. The molecule has 3 atom stereocenters. The SMILES string of the molecule is CC(=O)O.CCCOc1ccc([C@H]2CC(C3C=C4OCOC4=C(C)C3)CN2CC(=O)Nc2c(CC)cc(F)cc2CC)cc1. The standard InChI is InChI=1S/C33H41FN2O4.C2H4O2/c1-5-12-38-28-10-8-24(9-11-28)29-16-26(25-13-21(4)33-30(17-25)39-20-40-33)18-36(29)19-31(37)35-32-22(6-2)14-27(34)15-23(32)7-3;1-2(3)4/h8-11,14-15,17,25-26,29H,5-7,12-13,16,18-20H2,1-4H3,(H,35,37);1H3,(H,3,4)/t25?,26?,29-;/m1./s1. The van der Waals surface area contributed by atoms with Crippen molar-refractivity contribution in [2.45, 2.75) is 72.8 Å². The molecule has 2 heterocycles. The van der Waals surface area contributed by atoms with Crippen molar-refractivity contribution in [1.82, 2.24) is 4.90 Å². The molecule has 5 rings (SSSR count). The van der Waals surface area contributed by atoms with Gasteiger partial charge in [0.25, 0.3) is 5.97 Å². The van der Waals surface area contributed by atoms with Gasteiger partial charge in [-0.1, -0.05) is 32.9 Å². The van der Waals surface area contributed by atoms with Gasteiger partial charge in [0.2, 0.25) is 12.7 Å². The van der Waals surface area contributed by atoms with Crippen LogP contribution in [0.25, 0.3) is 0 Å². The lowest BCUT2D eigenvalue weighted by Gasteiger charge is -2.26. The van der Waals surface area contributed by atoms with Gasteiger partial charge in [-0.3, -0.25) is 14.5 Å². The average molecular weight is 609 g/mol. The van der Waals surface area contributed by atoms with Gasteiger partial charge in [0, 0.05) is 25.2 Å². The third-order valence-corrected chi connectivity index (χ3v) is 8.35.